The maximum absolute atomic E-state index is 12.1. The summed E-state index contributed by atoms with van der Waals surface area (Å²) in [5.74, 6) is 0.293. The summed E-state index contributed by atoms with van der Waals surface area (Å²) in [7, 11) is 0. The molecule has 2 saturated heterocycles. The molecule has 0 spiro atoms. The highest BCUT2D eigenvalue weighted by molar-refractivity contribution is 5.79. The number of likely N-dealkylation sites (tertiary alicyclic amines) is 1. The smallest absolute Gasteiger partial charge is 0.236 e. The Morgan fingerprint density at radius 3 is 2.10 bits per heavy atom. The Hall–Kier alpha value is -1.40. The van der Waals surface area contributed by atoms with Gasteiger partial charge in [-0.3, -0.25) is 19.4 Å². The van der Waals surface area contributed by atoms with E-state index in [2.05, 4.69) is 21.7 Å². The summed E-state index contributed by atoms with van der Waals surface area (Å²) < 4.78 is 0. The van der Waals surface area contributed by atoms with Crippen LogP contribution >= 0.6 is 0 Å². The molecule has 0 aliphatic carbocycles. The molecule has 0 radical (unpaired) electrons. The first-order valence-electron chi connectivity index (χ1n) is 7.79. The highest BCUT2D eigenvalue weighted by Crippen LogP contribution is 2.09. The number of hydrogen-bond donors (Lipinski definition) is 1. The molecule has 0 saturated carbocycles. The van der Waals surface area contributed by atoms with Crippen molar-refractivity contribution >= 4 is 11.8 Å². The van der Waals surface area contributed by atoms with Gasteiger partial charge in [0.05, 0.1) is 13.1 Å². The van der Waals surface area contributed by atoms with Gasteiger partial charge in [0.15, 0.2) is 0 Å². The Labute approximate surface area is 126 Å². The van der Waals surface area contributed by atoms with Crippen molar-refractivity contribution in [1.29, 1.82) is 0 Å². The number of nitrogens with one attached hydrogen (secondary N) is 1. The van der Waals surface area contributed by atoms with Crippen molar-refractivity contribution < 1.29 is 9.59 Å². The highest BCUT2D eigenvalue weighted by atomic mass is 16.2. The summed E-state index contributed by atoms with van der Waals surface area (Å²) in [6.45, 7) is 10.3. The minimum Gasteiger partial charge on any atom is -0.352 e. The van der Waals surface area contributed by atoms with Crippen LogP contribution in [0.1, 0.15) is 12.8 Å². The van der Waals surface area contributed by atoms with Crippen molar-refractivity contribution in [3.05, 3.63) is 12.7 Å². The lowest BCUT2D eigenvalue weighted by molar-refractivity contribution is -0.132. The first-order chi connectivity index (χ1) is 10.2. The summed E-state index contributed by atoms with van der Waals surface area (Å²) in [4.78, 5) is 30.0. The highest BCUT2D eigenvalue weighted by Gasteiger charge is 2.23. The number of piperazine rings is 1. The van der Waals surface area contributed by atoms with Crippen LogP contribution in [-0.4, -0.2) is 85.4 Å². The lowest BCUT2D eigenvalue weighted by atomic mass is 10.3. The number of carbonyl (C=O) groups excluding carboxylic acids is 2. The average molecular weight is 294 g/mol. The molecular weight excluding hydrogens is 268 g/mol. The molecule has 6 nitrogen and oxygen atoms in total. The molecule has 2 aliphatic heterocycles. The van der Waals surface area contributed by atoms with Crippen LogP contribution < -0.4 is 5.32 Å². The minimum absolute atomic E-state index is 0.0384. The standard InChI is InChI=1S/C15H26N4O2/c1-2-5-16-14(20)12-17-8-10-18(11-9-17)13-15(21)19-6-3-4-7-19/h2H,1,3-13H2,(H,16,20). The van der Waals surface area contributed by atoms with Crippen LogP contribution in [0.4, 0.5) is 0 Å². The number of nitrogens with zero attached hydrogens (tertiary/aromatic N) is 3. The Balaban J connectivity index is 1.64. The molecule has 21 heavy (non-hydrogen) atoms. The van der Waals surface area contributed by atoms with E-state index in [0.29, 0.717) is 19.6 Å². The normalized spacial score (nSPS) is 20.5. The topological polar surface area (TPSA) is 55.9 Å². The third kappa shape index (κ3) is 5.13. The number of rotatable bonds is 6. The van der Waals surface area contributed by atoms with Gasteiger partial charge in [0.1, 0.15) is 0 Å². The van der Waals surface area contributed by atoms with E-state index in [1.54, 1.807) is 6.08 Å². The Morgan fingerprint density at radius 2 is 1.52 bits per heavy atom. The van der Waals surface area contributed by atoms with E-state index in [-0.39, 0.29) is 11.8 Å². The quantitative estimate of drug-likeness (QED) is 0.673. The van der Waals surface area contributed by atoms with E-state index in [1.165, 1.54) is 0 Å². The molecule has 0 aromatic rings. The van der Waals surface area contributed by atoms with Gasteiger partial charge in [-0.15, -0.1) is 6.58 Å². The molecule has 0 unspecified atom stereocenters. The molecule has 1 N–H and O–H groups in total. The van der Waals surface area contributed by atoms with Gasteiger partial charge in [-0.1, -0.05) is 6.08 Å². The summed E-state index contributed by atoms with van der Waals surface area (Å²) in [6.07, 6.45) is 3.96. The zero-order chi connectivity index (χ0) is 15.1. The van der Waals surface area contributed by atoms with Gasteiger partial charge < -0.3 is 10.2 Å². The van der Waals surface area contributed by atoms with E-state index in [9.17, 15) is 9.59 Å². The van der Waals surface area contributed by atoms with Gasteiger partial charge in [-0.2, -0.15) is 0 Å². The van der Waals surface area contributed by atoms with E-state index >= 15 is 0 Å². The first-order valence-corrected chi connectivity index (χ1v) is 7.79. The van der Waals surface area contributed by atoms with Gasteiger partial charge in [0.25, 0.3) is 0 Å². The van der Waals surface area contributed by atoms with Gasteiger partial charge in [-0.25, -0.2) is 0 Å². The molecule has 2 amide bonds. The summed E-state index contributed by atoms with van der Waals surface area (Å²) >= 11 is 0. The van der Waals surface area contributed by atoms with Crippen molar-refractivity contribution in [3.63, 3.8) is 0 Å². The molecule has 2 fully saturated rings. The van der Waals surface area contributed by atoms with E-state index < -0.39 is 0 Å². The molecule has 0 bridgehead atoms. The first kappa shape index (κ1) is 16.0. The minimum atomic E-state index is 0.0384. The summed E-state index contributed by atoms with van der Waals surface area (Å²) in [5, 5.41) is 2.79. The van der Waals surface area contributed by atoms with Crippen molar-refractivity contribution in [3.8, 4) is 0 Å². The van der Waals surface area contributed by atoms with Crippen LogP contribution in [0.2, 0.25) is 0 Å². The van der Waals surface area contributed by atoms with Crippen molar-refractivity contribution in [2.45, 2.75) is 12.8 Å². The van der Waals surface area contributed by atoms with Crippen molar-refractivity contribution in [2.24, 2.45) is 0 Å². The Bertz CT molecular complexity index is 372. The van der Waals surface area contributed by atoms with Gasteiger partial charge in [0.2, 0.25) is 11.8 Å². The second-order valence-electron chi connectivity index (χ2n) is 5.73. The molecule has 0 aromatic heterocycles. The van der Waals surface area contributed by atoms with Crippen LogP contribution in [-0.2, 0) is 9.59 Å². The summed E-state index contributed by atoms with van der Waals surface area (Å²) in [6, 6.07) is 0. The SMILES string of the molecule is C=CCNC(=O)CN1CCN(CC(=O)N2CCCC2)CC1. The van der Waals surface area contributed by atoms with E-state index in [1.807, 2.05) is 4.90 Å². The maximum Gasteiger partial charge on any atom is 0.236 e. The molecular formula is C15H26N4O2. The third-order valence-electron chi connectivity index (χ3n) is 4.09. The zero-order valence-electron chi connectivity index (χ0n) is 12.7. The van der Waals surface area contributed by atoms with Crippen LogP contribution in [0.5, 0.6) is 0 Å². The fraction of sp³-hybridized carbons (Fsp3) is 0.733. The molecule has 2 aliphatic rings. The lowest BCUT2D eigenvalue weighted by Crippen LogP contribution is -2.51. The molecule has 6 heteroatoms. The molecule has 118 valence electrons. The van der Waals surface area contributed by atoms with Crippen LogP contribution in [0.3, 0.4) is 0 Å². The van der Waals surface area contributed by atoms with Gasteiger partial charge >= 0.3 is 0 Å². The molecule has 0 aromatic carbocycles. The van der Waals surface area contributed by atoms with Crippen molar-refractivity contribution in [2.75, 3.05) is 58.9 Å². The maximum atomic E-state index is 12.1. The Kier molecular flexibility index (Phi) is 6.20. The second-order valence-corrected chi connectivity index (χ2v) is 5.73. The fourth-order valence-electron chi connectivity index (χ4n) is 2.81. The predicted molar refractivity (Wildman–Crippen MR) is 81.9 cm³/mol. The number of carbonyl (C=O) groups is 2. The van der Waals surface area contributed by atoms with Crippen LogP contribution in [0, 0.1) is 0 Å². The number of hydrogen-bond acceptors (Lipinski definition) is 4. The van der Waals surface area contributed by atoms with E-state index in [4.69, 9.17) is 0 Å². The average Bonchev–Trinajstić information content (AvgIpc) is 3.01. The molecule has 2 heterocycles. The largest absolute Gasteiger partial charge is 0.352 e. The Morgan fingerprint density at radius 1 is 0.952 bits per heavy atom. The fourth-order valence-corrected chi connectivity index (χ4v) is 2.81. The zero-order valence-corrected chi connectivity index (χ0v) is 12.7. The molecule has 2 rings (SSSR count). The monoisotopic (exact) mass is 294 g/mol. The second kappa shape index (κ2) is 8.14. The van der Waals surface area contributed by atoms with Gasteiger partial charge in [-0.05, 0) is 12.8 Å². The molecule has 0 atom stereocenters. The van der Waals surface area contributed by atoms with E-state index in [0.717, 1.165) is 52.1 Å². The predicted octanol–water partition coefficient (Wildman–Crippen LogP) is -0.471. The van der Waals surface area contributed by atoms with Crippen LogP contribution in [0.15, 0.2) is 12.7 Å². The summed E-state index contributed by atoms with van der Waals surface area (Å²) in [5.41, 5.74) is 0. The lowest BCUT2D eigenvalue weighted by Gasteiger charge is -2.34. The third-order valence-corrected chi connectivity index (χ3v) is 4.09. The van der Waals surface area contributed by atoms with Gasteiger partial charge in [0, 0.05) is 45.8 Å². The van der Waals surface area contributed by atoms with Crippen molar-refractivity contribution in [1.82, 2.24) is 20.0 Å². The van der Waals surface area contributed by atoms with Crippen LogP contribution in [0.25, 0.3) is 0 Å². The number of amides is 2.